The molecule has 0 unspecified atom stereocenters. The van der Waals surface area contributed by atoms with Crippen LogP contribution in [0.2, 0.25) is 0 Å². The van der Waals surface area contributed by atoms with Crippen molar-refractivity contribution in [3.05, 3.63) is 35.9 Å². The molecule has 0 aromatic heterocycles. The van der Waals surface area contributed by atoms with Crippen molar-refractivity contribution >= 4 is 5.91 Å². The smallest absolute Gasteiger partial charge is 0.226 e. The highest BCUT2D eigenvalue weighted by atomic mass is 16.5. The number of benzene rings is 1. The van der Waals surface area contributed by atoms with Crippen molar-refractivity contribution < 1.29 is 24.1 Å². The SMILES string of the molecule is COc1ccc([C@@H]2[C@@H](CO)OCCN2C(=O)C2CC=CC2)cc1OC. The minimum Gasteiger partial charge on any atom is -0.493 e. The maximum Gasteiger partial charge on any atom is 0.226 e. The molecule has 6 heteroatoms. The van der Waals surface area contributed by atoms with E-state index in [1.807, 2.05) is 23.1 Å². The monoisotopic (exact) mass is 347 g/mol. The van der Waals surface area contributed by atoms with E-state index in [0.29, 0.717) is 24.7 Å². The zero-order chi connectivity index (χ0) is 17.8. The lowest BCUT2D eigenvalue weighted by molar-refractivity contribution is -0.153. The zero-order valence-electron chi connectivity index (χ0n) is 14.7. The molecule has 1 fully saturated rings. The topological polar surface area (TPSA) is 68.2 Å². The first kappa shape index (κ1) is 17.8. The van der Waals surface area contributed by atoms with Crippen LogP contribution in [0.3, 0.4) is 0 Å². The van der Waals surface area contributed by atoms with Gasteiger partial charge < -0.3 is 24.2 Å². The fourth-order valence-electron chi connectivity index (χ4n) is 3.62. The molecule has 1 aliphatic carbocycles. The number of methoxy groups -OCH3 is 2. The molecule has 2 aliphatic rings. The summed E-state index contributed by atoms with van der Waals surface area (Å²) in [5, 5.41) is 9.78. The molecule has 2 atom stereocenters. The molecule has 0 saturated carbocycles. The summed E-state index contributed by atoms with van der Waals surface area (Å²) in [4.78, 5) is 14.9. The van der Waals surface area contributed by atoms with E-state index < -0.39 is 6.10 Å². The molecule has 0 radical (unpaired) electrons. The van der Waals surface area contributed by atoms with Crippen molar-refractivity contribution in [2.75, 3.05) is 34.0 Å². The average molecular weight is 347 g/mol. The van der Waals surface area contributed by atoms with Gasteiger partial charge in [0.15, 0.2) is 11.5 Å². The summed E-state index contributed by atoms with van der Waals surface area (Å²) < 4.78 is 16.4. The van der Waals surface area contributed by atoms with E-state index in [-0.39, 0.29) is 24.5 Å². The normalized spacial score (nSPS) is 23.7. The predicted octanol–water partition coefficient (Wildman–Crippen LogP) is 1.93. The Hall–Kier alpha value is -2.05. The fourth-order valence-corrected chi connectivity index (χ4v) is 3.62. The summed E-state index contributed by atoms with van der Waals surface area (Å²) >= 11 is 0. The molecule has 136 valence electrons. The van der Waals surface area contributed by atoms with Crippen molar-refractivity contribution in [3.63, 3.8) is 0 Å². The number of amides is 1. The average Bonchev–Trinajstić information content (AvgIpc) is 3.20. The highest BCUT2D eigenvalue weighted by molar-refractivity contribution is 5.80. The largest absolute Gasteiger partial charge is 0.493 e. The van der Waals surface area contributed by atoms with Gasteiger partial charge in [-0.15, -0.1) is 0 Å². The standard InChI is InChI=1S/C19H25NO5/c1-23-15-8-7-14(11-16(15)24-2)18-17(12-21)25-10-9-20(18)19(22)13-5-3-4-6-13/h3-4,7-8,11,13,17-18,21H,5-6,9-10,12H2,1-2H3/t17-,18-/m1/s1. The zero-order valence-corrected chi connectivity index (χ0v) is 14.7. The molecule has 1 aliphatic heterocycles. The molecule has 0 bridgehead atoms. The van der Waals surface area contributed by atoms with Crippen LogP contribution in [0.15, 0.2) is 30.4 Å². The Morgan fingerprint density at radius 3 is 2.60 bits per heavy atom. The maximum absolute atomic E-state index is 13.0. The van der Waals surface area contributed by atoms with Crippen LogP contribution in [0.25, 0.3) is 0 Å². The number of hydrogen-bond acceptors (Lipinski definition) is 5. The number of hydrogen-bond donors (Lipinski definition) is 1. The first-order valence-electron chi connectivity index (χ1n) is 8.59. The van der Waals surface area contributed by atoms with E-state index in [2.05, 4.69) is 12.2 Å². The van der Waals surface area contributed by atoms with Crippen molar-refractivity contribution in [1.29, 1.82) is 0 Å². The number of aliphatic hydroxyl groups excluding tert-OH is 1. The molecule has 1 heterocycles. The Bertz CT molecular complexity index is 637. The molecule has 6 nitrogen and oxygen atoms in total. The van der Waals surface area contributed by atoms with Gasteiger partial charge in [0.1, 0.15) is 6.10 Å². The number of carbonyl (C=O) groups excluding carboxylic acids is 1. The van der Waals surface area contributed by atoms with Gasteiger partial charge >= 0.3 is 0 Å². The van der Waals surface area contributed by atoms with Crippen LogP contribution in [-0.2, 0) is 9.53 Å². The lowest BCUT2D eigenvalue weighted by atomic mass is 9.95. The van der Waals surface area contributed by atoms with Gasteiger partial charge in [0.05, 0.1) is 33.5 Å². The van der Waals surface area contributed by atoms with E-state index in [1.165, 1.54) is 0 Å². The predicted molar refractivity (Wildman–Crippen MR) is 92.7 cm³/mol. The first-order chi connectivity index (χ1) is 12.2. The molecule has 3 rings (SSSR count). The van der Waals surface area contributed by atoms with Gasteiger partial charge in [-0.05, 0) is 30.5 Å². The fraction of sp³-hybridized carbons (Fsp3) is 0.526. The molecule has 1 N–H and O–H groups in total. The van der Waals surface area contributed by atoms with Crippen LogP contribution >= 0.6 is 0 Å². The van der Waals surface area contributed by atoms with E-state index in [0.717, 1.165) is 18.4 Å². The Balaban J connectivity index is 1.93. The third-order valence-corrected chi connectivity index (χ3v) is 4.92. The third kappa shape index (κ3) is 3.50. The number of ether oxygens (including phenoxy) is 3. The quantitative estimate of drug-likeness (QED) is 0.825. The summed E-state index contributed by atoms with van der Waals surface area (Å²) in [5.41, 5.74) is 0.871. The maximum atomic E-state index is 13.0. The van der Waals surface area contributed by atoms with E-state index in [4.69, 9.17) is 14.2 Å². The molecule has 0 spiro atoms. The van der Waals surface area contributed by atoms with Crippen LogP contribution in [0.5, 0.6) is 11.5 Å². The summed E-state index contributed by atoms with van der Waals surface area (Å²) in [6, 6.07) is 5.23. The van der Waals surface area contributed by atoms with Gasteiger partial charge in [-0.1, -0.05) is 18.2 Å². The van der Waals surface area contributed by atoms with Crippen LogP contribution in [0, 0.1) is 5.92 Å². The van der Waals surface area contributed by atoms with E-state index in [1.54, 1.807) is 14.2 Å². The minimum atomic E-state index is -0.454. The van der Waals surface area contributed by atoms with Gasteiger partial charge in [0.25, 0.3) is 0 Å². The Kier molecular flexibility index (Phi) is 5.60. The summed E-state index contributed by atoms with van der Waals surface area (Å²) in [5.74, 6) is 1.32. The van der Waals surface area contributed by atoms with E-state index in [9.17, 15) is 9.90 Å². The number of rotatable bonds is 5. The second-order valence-corrected chi connectivity index (χ2v) is 6.32. The molecule has 1 saturated heterocycles. The number of carbonyl (C=O) groups is 1. The van der Waals surface area contributed by atoms with Gasteiger partial charge in [-0.3, -0.25) is 4.79 Å². The number of aliphatic hydroxyl groups is 1. The van der Waals surface area contributed by atoms with E-state index >= 15 is 0 Å². The van der Waals surface area contributed by atoms with Crippen LogP contribution in [0.1, 0.15) is 24.4 Å². The Morgan fingerprint density at radius 1 is 1.24 bits per heavy atom. The van der Waals surface area contributed by atoms with Crippen molar-refractivity contribution in [2.24, 2.45) is 5.92 Å². The number of morpholine rings is 1. The molecular weight excluding hydrogens is 322 g/mol. The molecule has 1 aromatic carbocycles. The van der Waals surface area contributed by atoms with Crippen LogP contribution in [-0.4, -0.2) is 56.0 Å². The van der Waals surface area contributed by atoms with Crippen LogP contribution < -0.4 is 9.47 Å². The lowest BCUT2D eigenvalue weighted by Gasteiger charge is -2.42. The minimum absolute atomic E-state index is 0.0138. The first-order valence-corrected chi connectivity index (χ1v) is 8.59. The molecule has 1 amide bonds. The number of nitrogens with zero attached hydrogens (tertiary/aromatic N) is 1. The lowest BCUT2D eigenvalue weighted by Crippen LogP contribution is -2.51. The second kappa shape index (κ2) is 7.89. The van der Waals surface area contributed by atoms with Gasteiger partial charge in [-0.25, -0.2) is 0 Å². The highest BCUT2D eigenvalue weighted by Gasteiger charge is 2.38. The molecule has 25 heavy (non-hydrogen) atoms. The summed E-state index contributed by atoms with van der Waals surface area (Å²) in [6.07, 6.45) is 5.21. The molecule has 1 aromatic rings. The molecular formula is C19H25NO5. The highest BCUT2D eigenvalue weighted by Crippen LogP contribution is 2.37. The van der Waals surface area contributed by atoms with Crippen molar-refractivity contribution in [2.45, 2.75) is 25.0 Å². The van der Waals surface area contributed by atoms with Gasteiger partial charge in [0, 0.05) is 12.5 Å². The summed E-state index contributed by atoms with van der Waals surface area (Å²) in [7, 11) is 3.16. The van der Waals surface area contributed by atoms with Gasteiger partial charge in [-0.2, -0.15) is 0 Å². The van der Waals surface area contributed by atoms with Crippen molar-refractivity contribution in [1.82, 2.24) is 4.90 Å². The summed E-state index contributed by atoms with van der Waals surface area (Å²) in [6.45, 7) is 0.803. The second-order valence-electron chi connectivity index (χ2n) is 6.32. The Morgan fingerprint density at radius 2 is 1.96 bits per heavy atom. The number of allylic oxidation sites excluding steroid dienone is 2. The van der Waals surface area contributed by atoms with Gasteiger partial charge in [0.2, 0.25) is 5.91 Å². The Labute approximate surface area is 148 Å². The third-order valence-electron chi connectivity index (χ3n) is 4.92. The van der Waals surface area contributed by atoms with Crippen LogP contribution in [0.4, 0.5) is 0 Å². The van der Waals surface area contributed by atoms with Crippen molar-refractivity contribution in [3.8, 4) is 11.5 Å².